The molecular weight excluding hydrogens is 454 g/mol. The van der Waals surface area contributed by atoms with E-state index in [2.05, 4.69) is 32.4 Å². The lowest BCUT2D eigenvalue weighted by Crippen LogP contribution is -2.65. The number of aromatic hydroxyl groups is 1. The molecular formula is C25H28F2N6O2. The second kappa shape index (κ2) is 8.37. The molecule has 2 bridgehead atoms. The summed E-state index contributed by atoms with van der Waals surface area (Å²) in [4.78, 5) is 9.56. The Morgan fingerprint density at radius 1 is 1.20 bits per heavy atom. The monoisotopic (exact) mass is 485 g/mol. The highest BCUT2D eigenvalue weighted by Crippen LogP contribution is 2.45. The van der Waals surface area contributed by atoms with Crippen LogP contribution in [0.5, 0.6) is 11.6 Å². The van der Waals surface area contributed by atoms with E-state index in [1.54, 1.807) is 18.0 Å². The van der Waals surface area contributed by atoms with Crippen molar-refractivity contribution in [2.24, 2.45) is 0 Å². The summed E-state index contributed by atoms with van der Waals surface area (Å²) < 4.78 is 55.7. The lowest BCUT2D eigenvalue weighted by atomic mass is 9.82. The fraction of sp³-hybridized carbons (Fsp3) is 0.440. The predicted octanol–water partition coefficient (Wildman–Crippen LogP) is 3.90. The minimum Gasteiger partial charge on any atom is -0.507 e. The summed E-state index contributed by atoms with van der Waals surface area (Å²) in [6.45, 7) is 4.04. The van der Waals surface area contributed by atoms with Gasteiger partial charge in [-0.15, -0.1) is 10.2 Å². The normalized spacial score (nSPS) is 29.2. The van der Waals surface area contributed by atoms with Crippen LogP contribution in [0.4, 0.5) is 14.6 Å². The van der Waals surface area contributed by atoms with Crippen molar-refractivity contribution in [1.29, 1.82) is 0 Å². The molecule has 10 heteroatoms. The molecule has 3 aromatic rings. The maximum absolute atomic E-state index is 15.5. The zero-order chi connectivity index (χ0) is 27.5. The minimum atomic E-state index is -2.79. The molecule has 5 rings (SSSR count). The Morgan fingerprint density at radius 3 is 2.74 bits per heavy atom. The van der Waals surface area contributed by atoms with Crippen molar-refractivity contribution < 1.29 is 22.7 Å². The Balaban J connectivity index is 1.36. The molecule has 4 atom stereocenters. The van der Waals surface area contributed by atoms with E-state index in [1.807, 2.05) is 6.92 Å². The first-order chi connectivity index (χ1) is 17.8. The highest BCUT2D eigenvalue weighted by molar-refractivity contribution is 5.73. The summed E-state index contributed by atoms with van der Waals surface area (Å²) in [6, 6.07) is 6.47. The molecule has 35 heavy (non-hydrogen) atoms. The fourth-order valence-electron chi connectivity index (χ4n) is 5.35. The van der Waals surface area contributed by atoms with Gasteiger partial charge in [-0.3, -0.25) is 0 Å². The first-order valence-corrected chi connectivity index (χ1v) is 11.3. The summed E-state index contributed by atoms with van der Waals surface area (Å²) in [7, 11) is -1.01. The van der Waals surface area contributed by atoms with E-state index in [-0.39, 0.29) is 34.3 Å². The summed E-state index contributed by atoms with van der Waals surface area (Å²) in [5.41, 5.74) is 0.212. The van der Waals surface area contributed by atoms with Gasteiger partial charge in [-0.25, -0.2) is 9.37 Å². The molecule has 0 unspecified atom stereocenters. The van der Waals surface area contributed by atoms with E-state index in [9.17, 15) is 9.50 Å². The molecule has 0 aliphatic carbocycles. The van der Waals surface area contributed by atoms with Gasteiger partial charge in [-0.1, -0.05) is 6.07 Å². The van der Waals surface area contributed by atoms with Crippen LogP contribution in [0.25, 0.3) is 22.5 Å². The molecule has 8 nitrogen and oxygen atoms in total. The van der Waals surface area contributed by atoms with Crippen molar-refractivity contribution in [1.82, 2.24) is 25.5 Å². The number of halogens is 2. The molecule has 0 saturated carbocycles. The standard InChI is InChI=1S/C25H28F2N6O2/c1-24-7-8-25(2,32-24)22(27)17(12-24)33(3)20-13-28-23(31-30-20)16-6-5-14(9-18(16)34)15-10-19(26)29-21(11-15)35-4/h5-6,9-11,13,17,22,32,34H,7-8,12H2,1-4H3/t17-,22-,24-,25+/m1/s1/i4D3. The molecule has 0 amide bonds. The van der Waals surface area contributed by atoms with Crippen LogP contribution >= 0.6 is 0 Å². The van der Waals surface area contributed by atoms with Crippen molar-refractivity contribution in [3.05, 3.63) is 42.5 Å². The van der Waals surface area contributed by atoms with Crippen molar-refractivity contribution in [3.63, 3.8) is 0 Å². The van der Waals surface area contributed by atoms with Gasteiger partial charge in [-0.2, -0.15) is 9.37 Å². The molecule has 0 spiro atoms. The molecule has 0 radical (unpaired) electrons. The highest BCUT2D eigenvalue weighted by atomic mass is 19.1. The van der Waals surface area contributed by atoms with Gasteiger partial charge < -0.3 is 20.1 Å². The lowest BCUT2D eigenvalue weighted by molar-refractivity contribution is 0.0859. The Bertz CT molecular complexity index is 1360. The summed E-state index contributed by atoms with van der Waals surface area (Å²) in [5.74, 6) is -0.964. The SMILES string of the molecule is [2H]C([2H])([2H])Oc1cc(-c2ccc(-c3ncc(N(C)[C@@H]4C[C@@]5(C)CC[C@](C)(N5)[C@@H]4F)nn3)c(O)c2)cc(F)n1. The molecule has 2 aromatic heterocycles. The van der Waals surface area contributed by atoms with E-state index >= 15 is 4.39 Å². The zero-order valence-corrected chi connectivity index (χ0v) is 19.6. The first-order valence-electron chi connectivity index (χ1n) is 12.8. The van der Waals surface area contributed by atoms with Crippen molar-refractivity contribution in [3.8, 4) is 34.1 Å². The third-order valence-corrected chi connectivity index (χ3v) is 7.25. The Morgan fingerprint density at radius 2 is 2.03 bits per heavy atom. The summed E-state index contributed by atoms with van der Waals surface area (Å²) >= 11 is 0. The van der Waals surface area contributed by atoms with Crippen LogP contribution in [0.3, 0.4) is 0 Å². The number of benzene rings is 1. The van der Waals surface area contributed by atoms with Crippen molar-refractivity contribution in [2.45, 2.75) is 56.4 Å². The lowest BCUT2D eigenvalue weighted by Gasteiger charge is -2.47. The number of anilines is 1. The predicted molar refractivity (Wildman–Crippen MR) is 128 cm³/mol. The van der Waals surface area contributed by atoms with E-state index in [0.717, 1.165) is 18.9 Å². The number of rotatable bonds is 5. The van der Waals surface area contributed by atoms with Gasteiger partial charge in [0, 0.05) is 30.3 Å². The van der Waals surface area contributed by atoms with Crippen LogP contribution in [0.2, 0.25) is 0 Å². The average molecular weight is 486 g/mol. The van der Waals surface area contributed by atoms with Crippen LogP contribution in [0.1, 0.15) is 37.2 Å². The van der Waals surface area contributed by atoms with Gasteiger partial charge in [0.05, 0.1) is 29.0 Å². The van der Waals surface area contributed by atoms with E-state index in [1.165, 1.54) is 24.4 Å². The first kappa shape index (κ1) is 19.9. The van der Waals surface area contributed by atoms with Crippen LogP contribution in [0, 0.1) is 5.95 Å². The number of hydrogen-bond acceptors (Lipinski definition) is 8. The number of pyridine rings is 1. The second-order valence-electron chi connectivity index (χ2n) is 9.88. The van der Waals surface area contributed by atoms with Crippen LogP contribution in [-0.2, 0) is 0 Å². The second-order valence-corrected chi connectivity index (χ2v) is 9.88. The number of aromatic nitrogens is 4. The van der Waals surface area contributed by atoms with Gasteiger partial charge in [0.15, 0.2) is 11.6 Å². The number of alkyl halides is 1. The van der Waals surface area contributed by atoms with Gasteiger partial charge in [0.1, 0.15) is 11.9 Å². The quantitative estimate of drug-likeness (QED) is 0.526. The van der Waals surface area contributed by atoms with E-state index < -0.39 is 30.6 Å². The Hall–Kier alpha value is -3.40. The number of methoxy groups -OCH3 is 1. The number of phenolic OH excluding ortho intramolecular Hbond substituents is 1. The smallest absolute Gasteiger partial charge is 0.216 e. The number of fused-ring (bicyclic) bond motifs is 2. The highest BCUT2D eigenvalue weighted by Gasteiger charge is 2.56. The molecule has 2 N–H and O–H groups in total. The molecule has 2 aliphatic heterocycles. The van der Waals surface area contributed by atoms with Gasteiger partial charge in [-0.05, 0) is 56.4 Å². The molecule has 2 fully saturated rings. The number of hydrogen-bond donors (Lipinski definition) is 2. The van der Waals surface area contributed by atoms with E-state index in [0.29, 0.717) is 17.8 Å². The van der Waals surface area contributed by atoms with Crippen molar-refractivity contribution in [2.75, 3.05) is 19.0 Å². The number of piperidine rings is 1. The third kappa shape index (κ3) is 4.16. The van der Waals surface area contributed by atoms with Crippen LogP contribution < -0.4 is 15.0 Å². The minimum absolute atomic E-state index is 0.137. The number of phenols is 1. The van der Waals surface area contributed by atoms with Gasteiger partial charge >= 0.3 is 0 Å². The molecule has 1 aromatic carbocycles. The molecule has 184 valence electrons. The van der Waals surface area contributed by atoms with Crippen LogP contribution in [-0.4, -0.2) is 62.6 Å². The molecule has 2 aliphatic rings. The maximum atomic E-state index is 15.5. The topological polar surface area (TPSA) is 96.3 Å². The average Bonchev–Trinajstić information content (AvgIpc) is 3.11. The fourth-order valence-corrected chi connectivity index (χ4v) is 5.35. The largest absolute Gasteiger partial charge is 0.507 e. The number of nitrogens with one attached hydrogen (secondary N) is 1. The Labute approximate surface area is 206 Å². The zero-order valence-electron chi connectivity index (χ0n) is 22.6. The van der Waals surface area contributed by atoms with E-state index in [4.69, 9.17) is 8.85 Å². The number of ether oxygens (including phenoxy) is 1. The number of nitrogens with zero attached hydrogens (tertiary/aromatic N) is 5. The van der Waals surface area contributed by atoms with Gasteiger partial charge in [0.25, 0.3) is 0 Å². The maximum Gasteiger partial charge on any atom is 0.216 e. The molecule has 4 heterocycles. The third-order valence-electron chi connectivity index (χ3n) is 7.25. The van der Waals surface area contributed by atoms with Crippen LogP contribution in [0.15, 0.2) is 36.5 Å². The van der Waals surface area contributed by atoms with Gasteiger partial charge in [0.2, 0.25) is 11.8 Å². The Kier molecular flexibility index (Phi) is 4.75. The summed E-state index contributed by atoms with van der Waals surface area (Å²) in [5, 5.41) is 22.5. The molecule has 2 saturated heterocycles. The van der Waals surface area contributed by atoms with Crippen molar-refractivity contribution >= 4 is 5.82 Å². The summed E-state index contributed by atoms with van der Waals surface area (Å²) in [6.07, 6.45) is 2.71.